The summed E-state index contributed by atoms with van der Waals surface area (Å²) < 4.78 is 0. The predicted molar refractivity (Wildman–Crippen MR) is 63.4 cm³/mol. The fourth-order valence-electron chi connectivity index (χ4n) is 1.83. The molecule has 4 nitrogen and oxygen atoms in total. The molecule has 0 aliphatic rings. The minimum atomic E-state index is -2.04. The summed E-state index contributed by atoms with van der Waals surface area (Å²) in [5.41, 5.74) is -1.84. The molecule has 92 valence electrons. The van der Waals surface area contributed by atoms with Crippen molar-refractivity contribution in [1.29, 1.82) is 0 Å². The second-order valence-electron chi connectivity index (χ2n) is 3.95. The molecule has 0 radical (unpaired) electrons. The quantitative estimate of drug-likeness (QED) is 0.486. The molecule has 5 heteroatoms. The molecule has 0 bridgehead atoms. The topological polar surface area (TPSA) is 80.3 Å². The average Bonchev–Trinajstić information content (AvgIpc) is 2.30. The molecule has 0 fully saturated rings. The number of hydrogen-bond acceptors (Lipinski definition) is 4. The van der Waals surface area contributed by atoms with E-state index in [1.807, 2.05) is 6.92 Å². The third-order valence-corrected chi connectivity index (χ3v) is 2.87. The molecule has 1 aromatic carbocycles. The van der Waals surface area contributed by atoms with Crippen LogP contribution in [0.25, 0.3) is 0 Å². The number of carbonyl (C=O) groups excluding carboxylic acids is 2. The van der Waals surface area contributed by atoms with Gasteiger partial charge in [-0.25, -0.2) is 0 Å². The van der Waals surface area contributed by atoms with Crippen LogP contribution < -0.4 is 10.2 Å². The molecule has 0 aromatic heterocycles. The van der Waals surface area contributed by atoms with Crippen LogP contribution in [-0.4, -0.2) is 60.8 Å². The Morgan fingerprint density at radius 3 is 2.00 bits per heavy atom. The van der Waals surface area contributed by atoms with Crippen molar-refractivity contribution in [3.8, 4) is 0 Å². The number of carboxylic acids is 2. The first kappa shape index (κ1) is 17.7. The zero-order valence-corrected chi connectivity index (χ0v) is 14.8. The van der Waals surface area contributed by atoms with Crippen molar-refractivity contribution in [2.45, 2.75) is 31.6 Å². The van der Waals surface area contributed by atoms with Gasteiger partial charge in [0.25, 0.3) is 0 Å². The number of benzene rings is 1. The van der Waals surface area contributed by atoms with Gasteiger partial charge in [0.05, 0.1) is 17.4 Å². The molecule has 1 rings (SSSR count). The molecule has 0 aliphatic carbocycles. The van der Waals surface area contributed by atoms with E-state index in [0.717, 1.165) is 0 Å². The fraction of sp³-hybridized carbons (Fsp3) is 0.385. The van der Waals surface area contributed by atoms with Crippen LogP contribution in [0.1, 0.15) is 31.7 Å². The first-order valence-corrected chi connectivity index (χ1v) is 5.54. The van der Waals surface area contributed by atoms with Crippen molar-refractivity contribution in [3.05, 3.63) is 35.9 Å². The normalized spacial score (nSPS) is 10.5. The van der Waals surface area contributed by atoms with E-state index >= 15 is 0 Å². The first-order valence-electron chi connectivity index (χ1n) is 5.54. The number of unbranched alkanes of at least 4 members (excludes halogenated alkanes) is 1. The zero-order valence-electron chi connectivity index (χ0n) is 10.3. The largest absolute Gasteiger partial charge is 2.00 e. The van der Waals surface area contributed by atoms with Crippen LogP contribution in [0.2, 0.25) is 0 Å². The molecule has 0 spiro atoms. The summed E-state index contributed by atoms with van der Waals surface area (Å²) in [6, 6.07) is 7.84. The van der Waals surface area contributed by atoms with Gasteiger partial charge in [-0.2, -0.15) is 0 Å². The van der Waals surface area contributed by atoms with E-state index in [1.165, 1.54) is 12.1 Å². The van der Waals surface area contributed by atoms with Gasteiger partial charge in [-0.15, -0.1) is 0 Å². The van der Waals surface area contributed by atoms with Gasteiger partial charge in [0.15, 0.2) is 0 Å². The monoisotopic (exact) mass is 372 g/mol. The maximum Gasteiger partial charge on any atom is 2.00 e. The summed E-state index contributed by atoms with van der Waals surface area (Å²) in [6.45, 7) is 1.86. The standard InChI is InChI=1S/C13H16O4.Ba/c1-2-3-9-13(11(14)15,12(16)17)10-7-5-4-6-8-10;/h4-8H,2-3,9H2,1H3,(H,14,15)(H,16,17);/q;+2/p-2. The van der Waals surface area contributed by atoms with E-state index in [0.29, 0.717) is 12.8 Å². The summed E-state index contributed by atoms with van der Waals surface area (Å²) >= 11 is 0. The van der Waals surface area contributed by atoms with Crippen molar-refractivity contribution in [3.63, 3.8) is 0 Å². The van der Waals surface area contributed by atoms with Gasteiger partial charge in [-0.1, -0.05) is 50.1 Å². The summed E-state index contributed by atoms with van der Waals surface area (Å²) in [6.07, 6.45) is 1.17. The summed E-state index contributed by atoms with van der Waals surface area (Å²) in [5, 5.41) is 22.5. The number of carboxylic acid groups (broad SMARTS) is 2. The molecule has 0 unspecified atom stereocenters. The van der Waals surface area contributed by atoms with Gasteiger partial charge in [-0.3, -0.25) is 0 Å². The average molecular weight is 372 g/mol. The van der Waals surface area contributed by atoms with Gasteiger partial charge in [0, 0.05) is 0 Å². The van der Waals surface area contributed by atoms with Crippen molar-refractivity contribution in [2.75, 3.05) is 0 Å². The van der Waals surface area contributed by atoms with Crippen molar-refractivity contribution in [1.82, 2.24) is 0 Å². The van der Waals surface area contributed by atoms with Crippen LogP contribution in [-0.2, 0) is 15.0 Å². The van der Waals surface area contributed by atoms with Crippen LogP contribution in [0.4, 0.5) is 0 Å². The van der Waals surface area contributed by atoms with E-state index in [1.54, 1.807) is 18.2 Å². The van der Waals surface area contributed by atoms with Gasteiger partial charge in [-0.05, 0) is 12.0 Å². The maximum absolute atomic E-state index is 11.2. The predicted octanol–water partition coefficient (Wildman–Crippen LogP) is -0.766. The molecule has 1 aromatic rings. The Morgan fingerprint density at radius 2 is 1.61 bits per heavy atom. The van der Waals surface area contributed by atoms with Gasteiger partial charge in [0.2, 0.25) is 0 Å². The van der Waals surface area contributed by atoms with Crippen LogP contribution in [0.5, 0.6) is 0 Å². The van der Waals surface area contributed by atoms with E-state index in [-0.39, 0.29) is 60.9 Å². The van der Waals surface area contributed by atoms with Crippen molar-refractivity contribution >= 4 is 60.8 Å². The number of aliphatic carboxylic acids is 2. The second kappa shape index (κ2) is 8.01. The minimum Gasteiger partial charge on any atom is -0.549 e. The SMILES string of the molecule is CCCCC(C(=O)[O-])(C(=O)[O-])c1ccccc1.[Ba+2]. The van der Waals surface area contributed by atoms with Crippen LogP contribution in [0.3, 0.4) is 0 Å². The third-order valence-electron chi connectivity index (χ3n) is 2.87. The molecule has 0 heterocycles. The molecule has 0 aliphatic heterocycles. The van der Waals surface area contributed by atoms with E-state index in [2.05, 4.69) is 0 Å². The number of hydrogen-bond donors (Lipinski definition) is 0. The molecule has 18 heavy (non-hydrogen) atoms. The summed E-state index contributed by atoms with van der Waals surface area (Å²) in [5.74, 6) is -3.23. The molecule has 0 atom stereocenters. The maximum atomic E-state index is 11.2. The van der Waals surface area contributed by atoms with Crippen LogP contribution >= 0.6 is 0 Å². The van der Waals surface area contributed by atoms with Crippen molar-refractivity contribution in [2.24, 2.45) is 0 Å². The Morgan fingerprint density at radius 1 is 1.11 bits per heavy atom. The molecule has 0 saturated carbocycles. The Bertz CT molecular complexity index is 389. The van der Waals surface area contributed by atoms with Gasteiger partial charge >= 0.3 is 48.9 Å². The summed E-state index contributed by atoms with van der Waals surface area (Å²) in [4.78, 5) is 22.5. The van der Waals surface area contributed by atoms with Crippen molar-refractivity contribution < 1.29 is 19.8 Å². The van der Waals surface area contributed by atoms with E-state index in [9.17, 15) is 19.8 Å². The minimum absolute atomic E-state index is 0. The first-order chi connectivity index (χ1) is 8.05. The Labute approximate surface area is 146 Å². The third kappa shape index (κ3) is 3.61. The number of carbonyl (C=O) groups is 2. The molecule has 0 amide bonds. The van der Waals surface area contributed by atoms with Crippen LogP contribution in [0.15, 0.2) is 30.3 Å². The van der Waals surface area contributed by atoms with Gasteiger partial charge in [0.1, 0.15) is 0 Å². The molecule has 0 N–H and O–H groups in total. The van der Waals surface area contributed by atoms with E-state index < -0.39 is 17.4 Å². The molecule has 0 saturated heterocycles. The Balaban J connectivity index is 0.00000289. The summed E-state index contributed by atoms with van der Waals surface area (Å²) in [7, 11) is 0. The zero-order chi connectivity index (χ0) is 12.9. The Hall–Kier alpha value is -0.269. The fourth-order valence-corrected chi connectivity index (χ4v) is 1.83. The second-order valence-corrected chi connectivity index (χ2v) is 3.95. The van der Waals surface area contributed by atoms with Crippen LogP contribution in [0, 0.1) is 0 Å². The molecular formula is C13H14BaO4. The van der Waals surface area contributed by atoms with E-state index in [4.69, 9.17) is 0 Å². The Kier molecular flexibility index (Phi) is 7.89. The molecular weight excluding hydrogens is 357 g/mol. The number of rotatable bonds is 6. The van der Waals surface area contributed by atoms with Gasteiger partial charge < -0.3 is 19.8 Å². The smallest absolute Gasteiger partial charge is 0.549 e.